The van der Waals surface area contributed by atoms with Crippen molar-refractivity contribution in [2.75, 3.05) is 12.5 Å². The molecule has 0 saturated heterocycles. The molecule has 3 rings (SSSR count). The molecule has 9 heteroatoms. The van der Waals surface area contributed by atoms with Crippen LogP contribution >= 0.6 is 11.3 Å². The van der Waals surface area contributed by atoms with Gasteiger partial charge in [-0.3, -0.25) is 9.59 Å². The third-order valence-electron chi connectivity index (χ3n) is 5.51. The molecular weight excluding hydrogens is 462 g/mol. The number of hydrogen-bond donors (Lipinski definition) is 5. The number of primary amides is 1. The van der Waals surface area contributed by atoms with E-state index in [9.17, 15) is 4.79 Å². The smallest absolute Gasteiger partial charge is 0.290 e. The standard InChI is InChI=1S/C21H27N5OS.C4H10.CH2O2/c1-11-6-8-16-15(10-24-26-16)18(11)20(19(23-5)13(3)21(22)27)25-14(4)17-9-7-12(2)28-17;1-3-4-2;2-1-3/h6-9,13,23-24,26H,10H2,1-5H3,(H2,22,27);3-4H2,1-2H3;1H,(H,2,3)/b20-19+,25-14?;;. The Bertz CT molecular complexity index is 1060. The minimum absolute atomic E-state index is 0.250. The number of fused-ring (bicyclic) bond motifs is 1. The first kappa shape index (κ1) is 29.9. The summed E-state index contributed by atoms with van der Waals surface area (Å²) in [6.07, 6.45) is 2.64. The van der Waals surface area contributed by atoms with Crippen molar-refractivity contribution in [1.82, 2.24) is 10.7 Å². The van der Waals surface area contributed by atoms with E-state index in [2.05, 4.69) is 68.1 Å². The van der Waals surface area contributed by atoms with Crippen LogP contribution in [0.4, 0.5) is 5.69 Å². The van der Waals surface area contributed by atoms with Crippen molar-refractivity contribution in [3.05, 3.63) is 56.4 Å². The summed E-state index contributed by atoms with van der Waals surface area (Å²) < 4.78 is 0. The Morgan fingerprint density at radius 2 is 1.89 bits per heavy atom. The van der Waals surface area contributed by atoms with Gasteiger partial charge in [0.25, 0.3) is 6.47 Å². The molecule has 192 valence electrons. The summed E-state index contributed by atoms with van der Waals surface area (Å²) >= 11 is 1.71. The number of hydrazine groups is 1. The van der Waals surface area contributed by atoms with Crippen LogP contribution in [0.2, 0.25) is 0 Å². The van der Waals surface area contributed by atoms with Gasteiger partial charge in [0.15, 0.2) is 0 Å². The number of carboxylic acid groups (broad SMARTS) is 1. The van der Waals surface area contributed by atoms with Gasteiger partial charge in [-0.2, -0.15) is 0 Å². The van der Waals surface area contributed by atoms with Crippen LogP contribution in [0.5, 0.6) is 0 Å². The third kappa shape index (κ3) is 8.22. The van der Waals surface area contributed by atoms with Crippen LogP contribution in [-0.4, -0.2) is 30.2 Å². The van der Waals surface area contributed by atoms with Gasteiger partial charge in [0.05, 0.1) is 23.0 Å². The molecule has 1 amide bonds. The van der Waals surface area contributed by atoms with Crippen LogP contribution < -0.4 is 21.9 Å². The molecule has 1 aromatic heterocycles. The van der Waals surface area contributed by atoms with Crippen molar-refractivity contribution in [3.63, 3.8) is 0 Å². The predicted octanol–water partition coefficient (Wildman–Crippen LogP) is 4.82. The molecule has 1 aromatic carbocycles. The molecule has 8 nitrogen and oxygen atoms in total. The molecule has 0 bridgehead atoms. The lowest BCUT2D eigenvalue weighted by Gasteiger charge is -2.20. The van der Waals surface area contributed by atoms with Gasteiger partial charge in [0, 0.05) is 40.2 Å². The topological polar surface area (TPSA) is 129 Å². The molecule has 0 aliphatic carbocycles. The molecule has 0 fully saturated rings. The molecule has 0 saturated carbocycles. The highest BCUT2D eigenvalue weighted by Crippen LogP contribution is 2.35. The van der Waals surface area contributed by atoms with E-state index in [1.165, 1.54) is 17.7 Å². The summed E-state index contributed by atoms with van der Waals surface area (Å²) in [7, 11) is 1.81. The van der Waals surface area contributed by atoms with Gasteiger partial charge < -0.3 is 21.6 Å². The number of thiophene rings is 1. The van der Waals surface area contributed by atoms with Gasteiger partial charge in [0.1, 0.15) is 0 Å². The molecule has 1 aliphatic heterocycles. The molecule has 0 radical (unpaired) electrons. The van der Waals surface area contributed by atoms with Crippen molar-refractivity contribution in [1.29, 1.82) is 0 Å². The maximum atomic E-state index is 12.0. The number of carbonyl (C=O) groups is 2. The largest absolute Gasteiger partial charge is 0.483 e. The molecule has 6 N–H and O–H groups in total. The van der Waals surface area contributed by atoms with Gasteiger partial charge in [-0.05, 0) is 51.5 Å². The molecule has 2 heterocycles. The second-order valence-electron chi connectivity index (χ2n) is 8.11. The van der Waals surface area contributed by atoms with E-state index in [1.54, 1.807) is 11.3 Å². The summed E-state index contributed by atoms with van der Waals surface area (Å²) in [6, 6.07) is 8.29. The molecule has 1 aliphatic rings. The zero-order valence-electron chi connectivity index (χ0n) is 21.8. The number of aliphatic imine (C=N–C) groups is 1. The maximum Gasteiger partial charge on any atom is 0.290 e. The number of nitrogens with zero attached hydrogens (tertiary/aromatic N) is 1. The van der Waals surface area contributed by atoms with Crippen molar-refractivity contribution in [2.45, 2.75) is 60.9 Å². The lowest BCUT2D eigenvalue weighted by atomic mass is 9.93. The third-order valence-corrected chi connectivity index (χ3v) is 6.62. The van der Waals surface area contributed by atoms with E-state index < -0.39 is 5.92 Å². The Hall–Kier alpha value is -3.17. The number of rotatable bonds is 7. The number of hydrogen-bond acceptors (Lipinski definition) is 7. The lowest BCUT2D eigenvalue weighted by Crippen LogP contribution is -2.28. The number of benzene rings is 1. The van der Waals surface area contributed by atoms with E-state index in [0.717, 1.165) is 44.4 Å². The molecule has 2 aromatic rings. The Labute approximate surface area is 212 Å². The first-order valence-corrected chi connectivity index (χ1v) is 12.5. The van der Waals surface area contributed by atoms with Crippen molar-refractivity contribution < 1.29 is 14.7 Å². The minimum atomic E-state index is -0.487. The number of amides is 1. The van der Waals surface area contributed by atoms with E-state index in [4.69, 9.17) is 20.6 Å². The van der Waals surface area contributed by atoms with Crippen LogP contribution in [0.3, 0.4) is 0 Å². The summed E-state index contributed by atoms with van der Waals surface area (Å²) in [5.41, 5.74) is 18.7. The summed E-state index contributed by atoms with van der Waals surface area (Å²) in [5, 5.41) is 10.1. The van der Waals surface area contributed by atoms with Gasteiger partial charge >= 0.3 is 0 Å². The van der Waals surface area contributed by atoms with Crippen LogP contribution in [0.1, 0.15) is 67.0 Å². The van der Waals surface area contributed by atoms with E-state index >= 15 is 0 Å². The Kier molecular flexibility index (Phi) is 12.8. The Morgan fingerprint density at radius 1 is 1.26 bits per heavy atom. The number of nitrogens with two attached hydrogens (primary N) is 1. The second-order valence-corrected chi connectivity index (χ2v) is 9.40. The quantitative estimate of drug-likeness (QED) is 0.273. The number of aryl methyl sites for hydroxylation is 2. The van der Waals surface area contributed by atoms with E-state index in [0.29, 0.717) is 6.54 Å². The molecule has 1 atom stereocenters. The van der Waals surface area contributed by atoms with Gasteiger partial charge in [0.2, 0.25) is 5.91 Å². The maximum absolute atomic E-state index is 12.0. The first-order chi connectivity index (χ1) is 16.7. The molecular formula is C26H39N5O3S. The highest BCUT2D eigenvalue weighted by atomic mass is 32.1. The number of unbranched alkanes of at least 4 members (excludes halogenated alkanes) is 1. The highest BCUT2D eigenvalue weighted by molar-refractivity contribution is 7.14. The number of anilines is 1. The minimum Gasteiger partial charge on any atom is -0.483 e. The summed E-state index contributed by atoms with van der Waals surface area (Å²) in [6.45, 7) is 12.8. The van der Waals surface area contributed by atoms with Gasteiger partial charge in [-0.1, -0.05) is 32.8 Å². The molecule has 35 heavy (non-hydrogen) atoms. The normalized spacial score (nSPS) is 13.6. The lowest BCUT2D eigenvalue weighted by molar-refractivity contribution is -0.123. The predicted molar refractivity (Wildman–Crippen MR) is 147 cm³/mol. The van der Waals surface area contributed by atoms with E-state index in [1.807, 2.05) is 20.9 Å². The highest BCUT2D eigenvalue weighted by Gasteiger charge is 2.25. The second kappa shape index (κ2) is 15.0. The van der Waals surface area contributed by atoms with Crippen LogP contribution in [0, 0.1) is 19.8 Å². The fourth-order valence-electron chi connectivity index (χ4n) is 3.41. The monoisotopic (exact) mass is 501 g/mol. The van der Waals surface area contributed by atoms with E-state index in [-0.39, 0.29) is 12.4 Å². The number of nitrogens with one attached hydrogen (secondary N) is 3. The summed E-state index contributed by atoms with van der Waals surface area (Å²) in [5.74, 6) is -0.873. The Morgan fingerprint density at radius 3 is 2.37 bits per heavy atom. The molecule has 1 unspecified atom stereocenters. The zero-order valence-corrected chi connectivity index (χ0v) is 22.6. The fourth-order valence-corrected chi connectivity index (χ4v) is 4.22. The van der Waals surface area contributed by atoms with Gasteiger partial charge in [-0.25, -0.2) is 10.4 Å². The average molecular weight is 502 g/mol. The van der Waals surface area contributed by atoms with Crippen LogP contribution in [0.15, 0.2) is 35.0 Å². The van der Waals surface area contributed by atoms with Crippen molar-refractivity contribution in [3.8, 4) is 0 Å². The van der Waals surface area contributed by atoms with Gasteiger partial charge in [-0.15, -0.1) is 11.3 Å². The van der Waals surface area contributed by atoms with Crippen LogP contribution in [0.25, 0.3) is 5.70 Å². The fraction of sp³-hybridized carbons (Fsp3) is 0.423. The Balaban J connectivity index is 0.000000778. The van der Waals surface area contributed by atoms with Crippen molar-refractivity contribution >= 4 is 40.8 Å². The number of carbonyl (C=O) groups excluding carboxylic acids is 1. The first-order valence-electron chi connectivity index (χ1n) is 11.7. The summed E-state index contributed by atoms with van der Waals surface area (Å²) in [4.78, 5) is 27.7. The van der Waals surface area contributed by atoms with Crippen LogP contribution in [-0.2, 0) is 16.1 Å². The molecule has 0 spiro atoms. The van der Waals surface area contributed by atoms with Crippen molar-refractivity contribution in [2.24, 2.45) is 16.6 Å². The average Bonchev–Trinajstić information content (AvgIpc) is 3.48. The zero-order chi connectivity index (χ0) is 26.5. The SMILES string of the molecule is CCCC.CN/C(=C(/N=C(C)c1ccc(C)s1)c1c(C)ccc2c1CNN2)C(C)C(N)=O.O=CO.